The molecule has 0 aliphatic rings. The van der Waals surface area contributed by atoms with Crippen LogP contribution >= 0.6 is 0 Å². The monoisotopic (exact) mass is 1080 g/mol. The lowest BCUT2D eigenvalue weighted by Crippen LogP contribution is -2.30. The Kier molecular flexibility index (Phi) is 64.1. The highest BCUT2D eigenvalue weighted by Gasteiger charge is 2.19. The number of carbonyl (C=O) groups is 3. The molecule has 0 N–H and O–H groups in total. The summed E-state index contributed by atoms with van der Waals surface area (Å²) in [6.07, 6.45) is 81.6. The van der Waals surface area contributed by atoms with E-state index >= 15 is 0 Å². The minimum absolute atomic E-state index is 0.0677. The molecule has 0 aliphatic carbocycles. The van der Waals surface area contributed by atoms with Crippen molar-refractivity contribution in [2.24, 2.45) is 0 Å². The van der Waals surface area contributed by atoms with Crippen LogP contribution in [0.4, 0.5) is 0 Å². The smallest absolute Gasteiger partial charge is 0.306 e. The van der Waals surface area contributed by atoms with E-state index in [1.165, 1.54) is 276 Å². The predicted molar refractivity (Wildman–Crippen MR) is 335 cm³/mol. The first-order valence-electron chi connectivity index (χ1n) is 34.5. The molecule has 0 saturated heterocycles. The number of allylic oxidation sites excluding steroid dienone is 6. The van der Waals surface area contributed by atoms with Gasteiger partial charge in [-0.25, -0.2) is 0 Å². The van der Waals surface area contributed by atoms with Gasteiger partial charge in [0.1, 0.15) is 13.2 Å². The zero-order valence-corrected chi connectivity index (χ0v) is 52.0. The van der Waals surface area contributed by atoms with Gasteiger partial charge in [-0.2, -0.15) is 0 Å². The van der Waals surface area contributed by atoms with Crippen LogP contribution in [-0.2, 0) is 28.6 Å². The Balaban J connectivity index is 4.27. The lowest BCUT2D eigenvalue weighted by molar-refractivity contribution is -0.167. The molecule has 1 atom stereocenters. The van der Waals surface area contributed by atoms with Gasteiger partial charge in [0.05, 0.1) is 0 Å². The normalized spacial score (nSPS) is 12.2. The Morgan fingerprint density at radius 1 is 0.260 bits per heavy atom. The van der Waals surface area contributed by atoms with Gasteiger partial charge in [0.2, 0.25) is 0 Å². The van der Waals surface area contributed by atoms with Gasteiger partial charge < -0.3 is 14.2 Å². The van der Waals surface area contributed by atoms with Gasteiger partial charge in [-0.05, 0) is 77.0 Å². The predicted octanol–water partition coefficient (Wildman–Crippen LogP) is 23.6. The van der Waals surface area contributed by atoms with Gasteiger partial charge in [0, 0.05) is 19.3 Å². The molecule has 77 heavy (non-hydrogen) atoms. The Labute approximate surface area is 480 Å². The third-order valence-electron chi connectivity index (χ3n) is 15.6. The van der Waals surface area contributed by atoms with E-state index in [-0.39, 0.29) is 31.1 Å². The molecule has 0 radical (unpaired) electrons. The number of hydrogen-bond acceptors (Lipinski definition) is 6. The molecule has 6 heteroatoms. The first-order valence-corrected chi connectivity index (χ1v) is 34.5. The second-order valence-electron chi connectivity index (χ2n) is 23.4. The maximum absolute atomic E-state index is 12.9. The van der Waals surface area contributed by atoms with Crippen LogP contribution < -0.4 is 0 Å². The van der Waals surface area contributed by atoms with Gasteiger partial charge in [-0.3, -0.25) is 14.4 Å². The van der Waals surface area contributed by atoms with Crippen molar-refractivity contribution in [1.82, 2.24) is 0 Å². The van der Waals surface area contributed by atoms with E-state index in [1.807, 2.05) is 0 Å². The Bertz CT molecular complexity index is 1290. The minimum Gasteiger partial charge on any atom is -0.462 e. The van der Waals surface area contributed by atoms with Crippen molar-refractivity contribution in [3.8, 4) is 0 Å². The van der Waals surface area contributed by atoms with Gasteiger partial charge in [-0.15, -0.1) is 0 Å². The highest BCUT2D eigenvalue weighted by Crippen LogP contribution is 2.18. The molecule has 0 bridgehead atoms. The van der Waals surface area contributed by atoms with Crippen LogP contribution in [0.3, 0.4) is 0 Å². The fraction of sp³-hybridized carbons (Fsp3) is 0.873. The zero-order chi connectivity index (χ0) is 55.7. The molecule has 0 aromatic heterocycles. The zero-order valence-electron chi connectivity index (χ0n) is 52.0. The van der Waals surface area contributed by atoms with Crippen molar-refractivity contribution in [3.05, 3.63) is 36.5 Å². The van der Waals surface area contributed by atoms with E-state index < -0.39 is 6.10 Å². The first-order chi connectivity index (χ1) is 38.0. The molecule has 0 aromatic carbocycles. The van der Waals surface area contributed by atoms with E-state index in [2.05, 4.69) is 57.2 Å². The van der Waals surface area contributed by atoms with E-state index in [9.17, 15) is 14.4 Å². The third kappa shape index (κ3) is 64.3. The maximum Gasteiger partial charge on any atom is 0.306 e. The molecule has 0 fully saturated rings. The molecule has 0 heterocycles. The molecule has 6 nitrogen and oxygen atoms in total. The molecule has 0 spiro atoms. The molecule has 0 amide bonds. The molecule has 0 aliphatic heterocycles. The molecule has 0 rings (SSSR count). The molecule has 0 aromatic rings. The Hall–Kier alpha value is -2.37. The van der Waals surface area contributed by atoms with E-state index in [4.69, 9.17) is 14.2 Å². The van der Waals surface area contributed by atoms with Crippen LogP contribution in [-0.4, -0.2) is 37.2 Å². The van der Waals surface area contributed by atoms with Crippen molar-refractivity contribution < 1.29 is 28.6 Å². The summed E-state index contributed by atoms with van der Waals surface area (Å²) in [5.74, 6) is -0.842. The number of esters is 3. The van der Waals surface area contributed by atoms with Crippen LogP contribution in [0.25, 0.3) is 0 Å². The Morgan fingerprint density at radius 2 is 0.468 bits per heavy atom. The number of unbranched alkanes of at least 4 members (excludes halogenated alkanes) is 47. The first kappa shape index (κ1) is 74.6. The summed E-state index contributed by atoms with van der Waals surface area (Å²) in [5, 5.41) is 0. The maximum atomic E-state index is 12.9. The summed E-state index contributed by atoms with van der Waals surface area (Å²) in [5.41, 5.74) is 0. The van der Waals surface area contributed by atoms with Crippen LogP contribution in [0.15, 0.2) is 36.5 Å². The molecular weight excluding hydrogens is 949 g/mol. The van der Waals surface area contributed by atoms with Gasteiger partial charge in [0.15, 0.2) is 6.10 Å². The Morgan fingerprint density at radius 3 is 0.727 bits per heavy atom. The van der Waals surface area contributed by atoms with Crippen LogP contribution in [0.2, 0.25) is 0 Å². The summed E-state index contributed by atoms with van der Waals surface area (Å²) in [7, 11) is 0. The van der Waals surface area contributed by atoms with Crippen molar-refractivity contribution in [2.45, 2.75) is 386 Å². The highest BCUT2D eigenvalue weighted by atomic mass is 16.6. The van der Waals surface area contributed by atoms with E-state index in [0.717, 1.165) is 64.2 Å². The summed E-state index contributed by atoms with van der Waals surface area (Å²) >= 11 is 0. The molecule has 452 valence electrons. The average molecular weight is 1080 g/mol. The largest absolute Gasteiger partial charge is 0.462 e. The quantitative estimate of drug-likeness (QED) is 0.0261. The number of ether oxygens (including phenoxy) is 3. The summed E-state index contributed by atoms with van der Waals surface area (Å²) in [6.45, 7) is 6.70. The van der Waals surface area contributed by atoms with Crippen molar-refractivity contribution in [2.75, 3.05) is 13.2 Å². The second-order valence-corrected chi connectivity index (χ2v) is 23.4. The van der Waals surface area contributed by atoms with Gasteiger partial charge in [0.25, 0.3) is 0 Å². The van der Waals surface area contributed by atoms with Gasteiger partial charge >= 0.3 is 17.9 Å². The fourth-order valence-electron chi connectivity index (χ4n) is 10.4. The molecule has 0 saturated carbocycles. The fourth-order valence-corrected chi connectivity index (χ4v) is 10.4. The third-order valence-corrected chi connectivity index (χ3v) is 15.6. The lowest BCUT2D eigenvalue weighted by Gasteiger charge is -2.18. The minimum atomic E-state index is -0.771. The molecule has 1 unspecified atom stereocenters. The number of rotatable bonds is 64. The summed E-state index contributed by atoms with van der Waals surface area (Å²) < 4.78 is 17.0. The summed E-state index contributed by atoms with van der Waals surface area (Å²) in [4.78, 5) is 38.4. The van der Waals surface area contributed by atoms with E-state index in [0.29, 0.717) is 19.3 Å². The standard InChI is InChI=1S/C71H132O6/c1-4-7-10-13-16-19-22-25-28-30-32-33-34-35-36-37-39-40-43-46-49-52-55-58-61-64-70(73)76-67-68(66-75-69(72)63-60-57-54-51-48-45-42-27-24-21-18-15-12-9-6-3)77-71(74)65-62-59-56-53-50-47-44-41-38-31-29-26-23-20-17-14-11-8-5-2/h22,25-26,29-30,32,68H,4-21,23-24,27-28,31,33-67H2,1-3H3/b25-22-,29-26-,32-30-. The topological polar surface area (TPSA) is 78.9 Å². The molecular formula is C71H132O6. The average Bonchev–Trinajstić information content (AvgIpc) is 3.43. The highest BCUT2D eigenvalue weighted by molar-refractivity contribution is 5.71. The van der Waals surface area contributed by atoms with Crippen molar-refractivity contribution in [3.63, 3.8) is 0 Å². The lowest BCUT2D eigenvalue weighted by atomic mass is 10.0. The van der Waals surface area contributed by atoms with Gasteiger partial charge in [-0.1, -0.05) is 320 Å². The van der Waals surface area contributed by atoms with E-state index in [1.54, 1.807) is 0 Å². The number of carbonyl (C=O) groups excluding carboxylic acids is 3. The van der Waals surface area contributed by atoms with Crippen LogP contribution in [0.5, 0.6) is 0 Å². The second kappa shape index (κ2) is 66.1. The number of hydrogen-bond donors (Lipinski definition) is 0. The van der Waals surface area contributed by atoms with Crippen LogP contribution in [0.1, 0.15) is 380 Å². The van der Waals surface area contributed by atoms with Crippen molar-refractivity contribution >= 4 is 17.9 Å². The van der Waals surface area contributed by atoms with Crippen LogP contribution in [0, 0.1) is 0 Å². The van der Waals surface area contributed by atoms with Crippen molar-refractivity contribution in [1.29, 1.82) is 0 Å². The SMILES string of the molecule is CCCCCCC/C=C\C/C=C\CCCCCCCCCCCCCCCC(=O)OCC(COC(=O)CCCCCCCCCCCCCCCCC)OC(=O)CCCCCCCCCCC/C=C\CCCCCCCC. The summed E-state index contributed by atoms with van der Waals surface area (Å²) in [6, 6.07) is 0.